The summed E-state index contributed by atoms with van der Waals surface area (Å²) in [4.78, 5) is 37.9. The monoisotopic (exact) mass is 456 g/mol. The number of imidazole rings is 1. The van der Waals surface area contributed by atoms with Gasteiger partial charge in [-0.3, -0.25) is 14.2 Å². The molecule has 14 heteroatoms. The van der Waals surface area contributed by atoms with E-state index in [4.69, 9.17) is 15.0 Å². The van der Waals surface area contributed by atoms with Gasteiger partial charge in [0.1, 0.15) is 17.7 Å². The Labute approximate surface area is 186 Å². The molecular formula is C19H20N8O6. The number of carbonyl (C=O) groups is 2. The quantitative estimate of drug-likeness (QED) is 0.314. The number of amides is 2. The third-order valence-corrected chi connectivity index (χ3v) is 4.98. The Kier molecular flexibility index (Phi) is 5.92. The van der Waals surface area contributed by atoms with Gasteiger partial charge in [-0.25, -0.2) is 15.0 Å². The second-order valence-corrected chi connectivity index (χ2v) is 7.14. The maximum atomic E-state index is 12.2. The maximum Gasteiger partial charge on any atom is 0.292 e. The number of rotatable bonds is 4. The normalized spacial score (nSPS) is 22.1. The van der Waals surface area contributed by atoms with E-state index in [0.717, 1.165) is 0 Å². The molecule has 0 radical (unpaired) electrons. The van der Waals surface area contributed by atoms with Crippen LogP contribution in [0.15, 0.2) is 23.1 Å². The van der Waals surface area contributed by atoms with Crippen molar-refractivity contribution in [2.45, 2.75) is 24.5 Å². The highest BCUT2D eigenvalue weighted by Crippen LogP contribution is 2.32. The number of aromatic nitrogens is 5. The Morgan fingerprint density at radius 1 is 1.33 bits per heavy atom. The SMILES string of the molecule is CNC(=O)C1OC(n2cnc3c(N)nc(C#CCN(C)C(=O)c4ccno4)nc32)[C@H](O)[C@@H]1O. The molecule has 14 nitrogen and oxygen atoms in total. The number of hydrogen-bond acceptors (Lipinski definition) is 11. The summed E-state index contributed by atoms with van der Waals surface area (Å²) in [5.74, 6) is 4.67. The number of ether oxygens (including phenoxy) is 1. The summed E-state index contributed by atoms with van der Waals surface area (Å²) in [5, 5.41) is 26.5. The number of nitrogens with two attached hydrogens (primary N) is 1. The van der Waals surface area contributed by atoms with Crippen molar-refractivity contribution < 1.29 is 29.1 Å². The highest BCUT2D eigenvalue weighted by atomic mass is 16.6. The molecule has 0 spiro atoms. The standard InChI is InChI=1S/C19H20N8O6/c1-21-17(30)14-12(28)13(29)19(32-14)27-8-22-11-15(20)24-10(25-16(11)27)4-3-7-26(2)18(31)9-5-6-23-33-9/h5-6,8,12-14,19,28-29H,7H2,1-2H3,(H,21,30)(H2,20,24,25)/t12-,13+,14?,19?/m0/s1. The minimum atomic E-state index is -1.46. The molecule has 3 aromatic heterocycles. The molecule has 1 fully saturated rings. The van der Waals surface area contributed by atoms with Gasteiger partial charge < -0.3 is 35.4 Å². The number of nitrogen functional groups attached to an aromatic ring is 1. The zero-order chi connectivity index (χ0) is 23.7. The molecule has 1 aliphatic heterocycles. The Morgan fingerprint density at radius 2 is 2.12 bits per heavy atom. The summed E-state index contributed by atoms with van der Waals surface area (Å²) in [6, 6.07) is 1.44. The van der Waals surface area contributed by atoms with E-state index in [1.807, 2.05) is 0 Å². The molecule has 0 aromatic carbocycles. The van der Waals surface area contributed by atoms with Gasteiger partial charge in [-0.2, -0.15) is 0 Å². The average molecular weight is 456 g/mol. The molecule has 2 amide bonds. The van der Waals surface area contributed by atoms with Crippen molar-refractivity contribution in [3.05, 3.63) is 30.2 Å². The van der Waals surface area contributed by atoms with Gasteiger partial charge in [0.15, 0.2) is 23.8 Å². The number of likely N-dealkylation sites (N-methyl/N-ethyl adjacent to an activating group) is 1. The fourth-order valence-electron chi connectivity index (χ4n) is 3.25. The van der Waals surface area contributed by atoms with E-state index in [0.29, 0.717) is 0 Å². The summed E-state index contributed by atoms with van der Waals surface area (Å²) >= 11 is 0. The zero-order valence-electron chi connectivity index (χ0n) is 17.5. The van der Waals surface area contributed by atoms with E-state index in [1.54, 1.807) is 7.05 Å². The van der Waals surface area contributed by atoms with Crippen LogP contribution in [0.4, 0.5) is 5.82 Å². The first-order chi connectivity index (χ1) is 15.8. The van der Waals surface area contributed by atoms with Crippen molar-refractivity contribution in [3.8, 4) is 11.8 Å². The van der Waals surface area contributed by atoms with Gasteiger partial charge in [-0.1, -0.05) is 11.1 Å². The average Bonchev–Trinajstić information content (AvgIpc) is 3.54. The predicted octanol–water partition coefficient (Wildman–Crippen LogP) is -2.11. The van der Waals surface area contributed by atoms with Crippen molar-refractivity contribution in [1.82, 2.24) is 34.9 Å². The van der Waals surface area contributed by atoms with Gasteiger partial charge >= 0.3 is 0 Å². The van der Waals surface area contributed by atoms with Crippen molar-refractivity contribution in [2.75, 3.05) is 26.4 Å². The largest absolute Gasteiger partial charge is 0.387 e. The molecule has 3 aromatic rings. The molecule has 4 heterocycles. The third-order valence-electron chi connectivity index (χ3n) is 4.98. The first kappa shape index (κ1) is 22.1. The second kappa shape index (κ2) is 8.82. The van der Waals surface area contributed by atoms with Crippen molar-refractivity contribution >= 4 is 28.8 Å². The van der Waals surface area contributed by atoms with Crippen LogP contribution in [0.2, 0.25) is 0 Å². The molecule has 0 aliphatic carbocycles. The third kappa shape index (κ3) is 4.07. The molecule has 4 rings (SSSR count). The zero-order valence-corrected chi connectivity index (χ0v) is 17.5. The van der Waals surface area contributed by atoms with Crippen LogP contribution in [0.3, 0.4) is 0 Å². The topological polar surface area (TPSA) is 195 Å². The Balaban J connectivity index is 1.58. The highest BCUT2D eigenvalue weighted by molar-refractivity contribution is 5.91. The Hall–Kier alpha value is -4.06. The number of aliphatic hydroxyl groups is 2. The fourth-order valence-corrected chi connectivity index (χ4v) is 3.25. The number of nitrogens with one attached hydrogen (secondary N) is 1. The number of carbonyl (C=O) groups excluding carboxylic acids is 2. The van der Waals surface area contributed by atoms with E-state index in [1.165, 1.54) is 35.1 Å². The summed E-state index contributed by atoms with van der Waals surface area (Å²) in [7, 11) is 2.93. The van der Waals surface area contributed by atoms with Crippen molar-refractivity contribution in [3.63, 3.8) is 0 Å². The number of nitrogens with zero attached hydrogens (tertiary/aromatic N) is 6. The number of anilines is 1. The first-order valence-electron chi connectivity index (χ1n) is 9.70. The maximum absolute atomic E-state index is 12.2. The van der Waals surface area contributed by atoms with E-state index < -0.39 is 36.4 Å². The highest BCUT2D eigenvalue weighted by Gasteiger charge is 2.47. The van der Waals surface area contributed by atoms with Crippen LogP contribution in [-0.2, 0) is 9.53 Å². The number of fused-ring (bicyclic) bond motifs is 1. The van der Waals surface area contributed by atoms with Crippen LogP contribution < -0.4 is 11.1 Å². The second-order valence-electron chi connectivity index (χ2n) is 7.14. The molecule has 4 atom stereocenters. The lowest BCUT2D eigenvalue weighted by molar-refractivity contribution is -0.137. The van der Waals surface area contributed by atoms with Gasteiger partial charge in [0.05, 0.1) is 19.1 Å². The lowest BCUT2D eigenvalue weighted by Crippen LogP contribution is -2.41. The van der Waals surface area contributed by atoms with E-state index >= 15 is 0 Å². The van der Waals surface area contributed by atoms with Gasteiger partial charge in [-0.15, -0.1) is 0 Å². The van der Waals surface area contributed by atoms with Crippen LogP contribution in [0.5, 0.6) is 0 Å². The molecule has 5 N–H and O–H groups in total. The molecule has 172 valence electrons. The fraction of sp³-hybridized carbons (Fsp3) is 0.368. The lowest BCUT2D eigenvalue weighted by atomic mass is 10.1. The summed E-state index contributed by atoms with van der Waals surface area (Å²) in [6.45, 7) is 0.0462. The summed E-state index contributed by atoms with van der Waals surface area (Å²) in [6.07, 6.45) is -2.63. The minimum Gasteiger partial charge on any atom is -0.387 e. The van der Waals surface area contributed by atoms with E-state index in [2.05, 4.69) is 37.3 Å². The molecular weight excluding hydrogens is 436 g/mol. The molecule has 0 saturated carbocycles. The van der Waals surface area contributed by atoms with Crippen molar-refractivity contribution in [2.24, 2.45) is 0 Å². The van der Waals surface area contributed by atoms with Gasteiger partial charge in [0.2, 0.25) is 11.6 Å². The number of hydrogen-bond donors (Lipinski definition) is 4. The molecule has 2 unspecified atom stereocenters. The van der Waals surface area contributed by atoms with Crippen LogP contribution >= 0.6 is 0 Å². The number of aliphatic hydroxyl groups excluding tert-OH is 2. The molecule has 1 saturated heterocycles. The smallest absolute Gasteiger partial charge is 0.292 e. The molecule has 33 heavy (non-hydrogen) atoms. The van der Waals surface area contributed by atoms with E-state index in [-0.39, 0.29) is 35.1 Å². The summed E-state index contributed by atoms with van der Waals surface area (Å²) in [5.41, 5.74) is 6.39. The van der Waals surface area contributed by atoms with Gasteiger partial charge in [0, 0.05) is 20.2 Å². The Morgan fingerprint density at radius 3 is 2.82 bits per heavy atom. The minimum absolute atomic E-state index is 0.0324. The first-order valence-corrected chi connectivity index (χ1v) is 9.70. The Bertz CT molecular complexity index is 1250. The lowest BCUT2D eigenvalue weighted by Gasteiger charge is -2.16. The molecule has 1 aliphatic rings. The molecule has 0 bridgehead atoms. The van der Waals surface area contributed by atoms with E-state index in [9.17, 15) is 19.8 Å². The van der Waals surface area contributed by atoms with Gasteiger partial charge in [-0.05, 0) is 5.92 Å². The summed E-state index contributed by atoms with van der Waals surface area (Å²) < 4.78 is 11.7. The van der Waals surface area contributed by atoms with Crippen LogP contribution in [0.1, 0.15) is 22.6 Å². The van der Waals surface area contributed by atoms with Crippen LogP contribution in [-0.4, -0.2) is 90.6 Å². The van der Waals surface area contributed by atoms with Crippen LogP contribution in [0.25, 0.3) is 11.2 Å². The van der Waals surface area contributed by atoms with Crippen molar-refractivity contribution in [1.29, 1.82) is 0 Å². The predicted molar refractivity (Wildman–Crippen MR) is 110 cm³/mol. The van der Waals surface area contributed by atoms with Gasteiger partial charge in [0.25, 0.3) is 11.8 Å². The van der Waals surface area contributed by atoms with Crippen LogP contribution in [0, 0.1) is 11.8 Å².